The van der Waals surface area contributed by atoms with Gasteiger partial charge in [-0.2, -0.15) is 0 Å². The van der Waals surface area contributed by atoms with Gasteiger partial charge in [0.05, 0.1) is 0 Å². The Morgan fingerprint density at radius 3 is 2.12 bits per heavy atom. The lowest BCUT2D eigenvalue weighted by molar-refractivity contribution is 0.274. The highest BCUT2D eigenvalue weighted by Crippen LogP contribution is 2.55. The SMILES string of the molecule is CCNC(CC(CC)CC)C1CC2CC2C1. The maximum Gasteiger partial charge on any atom is 0.00980 e. The van der Waals surface area contributed by atoms with Crippen LogP contribution in [0.1, 0.15) is 59.3 Å². The van der Waals surface area contributed by atoms with Gasteiger partial charge in [0.1, 0.15) is 0 Å². The summed E-state index contributed by atoms with van der Waals surface area (Å²) in [5.74, 6) is 4.21. The predicted molar refractivity (Wildman–Crippen MR) is 70.5 cm³/mol. The Morgan fingerprint density at radius 1 is 1.00 bits per heavy atom. The lowest BCUT2D eigenvalue weighted by Gasteiger charge is -2.29. The van der Waals surface area contributed by atoms with Crippen LogP contribution >= 0.6 is 0 Å². The van der Waals surface area contributed by atoms with E-state index in [2.05, 4.69) is 26.1 Å². The van der Waals surface area contributed by atoms with Crippen LogP contribution < -0.4 is 5.32 Å². The van der Waals surface area contributed by atoms with E-state index < -0.39 is 0 Å². The Hall–Kier alpha value is -0.0400. The van der Waals surface area contributed by atoms with Gasteiger partial charge in [0.25, 0.3) is 0 Å². The van der Waals surface area contributed by atoms with Gasteiger partial charge in [-0.05, 0) is 55.9 Å². The van der Waals surface area contributed by atoms with Crippen LogP contribution in [0, 0.1) is 23.7 Å². The molecule has 0 radical (unpaired) electrons. The molecule has 0 amide bonds. The molecule has 0 spiro atoms. The highest BCUT2D eigenvalue weighted by atomic mass is 14.9. The summed E-state index contributed by atoms with van der Waals surface area (Å²) >= 11 is 0. The molecule has 1 N–H and O–H groups in total. The molecule has 3 atom stereocenters. The minimum Gasteiger partial charge on any atom is -0.314 e. The normalized spacial score (nSPS) is 34.1. The summed E-state index contributed by atoms with van der Waals surface area (Å²) in [7, 11) is 0. The van der Waals surface area contributed by atoms with E-state index in [0.717, 1.165) is 36.3 Å². The Balaban J connectivity index is 1.83. The molecule has 2 aliphatic rings. The molecule has 2 fully saturated rings. The number of fused-ring (bicyclic) bond motifs is 1. The molecular formula is C15H29N. The quantitative estimate of drug-likeness (QED) is 0.691. The first kappa shape index (κ1) is 12.4. The van der Waals surface area contributed by atoms with Crippen molar-refractivity contribution >= 4 is 0 Å². The van der Waals surface area contributed by atoms with Crippen LogP contribution in [0.3, 0.4) is 0 Å². The van der Waals surface area contributed by atoms with Crippen molar-refractivity contribution in [1.82, 2.24) is 5.32 Å². The number of rotatable bonds is 7. The summed E-state index contributed by atoms with van der Waals surface area (Å²) in [5.41, 5.74) is 0. The molecule has 1 nitrogen and oxygen atoms in total. The van der Waals surface area contributed by atoms with Gasteiger partial charge >= 0.3 is 0 Å². The molecule has 0 aromatic carbocycles. The standard InChI is InChI=1S/C15H29N/c1-4-11(5-2)7-15(16-6-3)14-9-12-8-13(12)10-14/h11-16H,4-10H2,1-3H3. The predicted octanol–water partition coefficient (Wildman–Crippen LogP) is 3.84. The summed E-state index contributed by atoms with van der Waals surface area (Å²) in [6, 6.07) is 0.822. The third-order valence-electron chi connectivity index (χ3n) is 5.06. The van der Waals surface area contributed by atoms with E-state index in [1.54, 1.807) is 6.42 Å². The largest absolute Gasteiger partial charge is 0.314 e. The van der Waals surface area contributed by atoms with Crippen molar-refractivity contribution in [2.24, 2.45) is 23.7 Å². The molecule has 0 bridgehead atoms. The molecular weight excluding hydrogens is 194 g/mol. The topological polar surface area (TPSA) is 12.0 Å². The minimum absolute atomic E-state index is 0.822. The first-order chi connectivity index (χ1) is 7.78. The molecule has 1 heteroatoms. The summed E-state index contributed by atoms with van der Waals surface area (Å²) < 4.78 is 0. The van der Waals surface area contributed by atoms with Gasteiger partial charge in [0.2, 0.25) is 0 Å². The Bertz CT molecular complexity index is 199. The van der Waals surface area contributed by atoms with Gasteiger partial charge < -0.3 is 5.32 Å². The zero-order valence-corrected chi connectivity index (χ0v) is 11.3. The van der Waals surface area contributed by atoms with Gasteiger partial charge in [-0.3, -0.25) is 0 Å². The fourth-order valence-electron chi connectivity index (χ4n) is 3.78. The zero-order valence-electron chi connectivity index (χ0n) is 11.3. The van der Waals surface area contributed by atoms with Crippen molar-refractivity contribution in [3.05, 3.63) is 0 Å². The Kier molecular flexibility index (Phi) is 4.29. The molecule has 0 aromatic rings. The Labute approximate surface area is 101 Å². The lowest BCUT2D eigenvalue weighted by atomic mass is 9.85. The first-order valence-electron chi connectivity index (χ1n) is 7.51. The van der Waals surface area contributed by atoms with Gasteiger partial charge in [-0.25, -0.2) is 0 Å². The van der Waals surface area contributed by atoms with Gasteiger partial charge in [-0.15, -0.1) is 0 Å². The van der Waals surface area contributed by atoms with E-state index in [1.165, 1.54) is 32.1 Å². The highest BCUT2D eigenvalue weighted by Gasteiger charge is 2.47. The summed E-state index contributed by atoms with van der Waals surface area (Å²) in [5, 5.41) is 3.76. The third kappa shape index (κ3) is 2.80. The maximum atomic E-state index is 3.76. The van der Waals surface area contributed by atoms with E-state index in [4.69, 9.17) is 0 Å². The second-order valence-corrected chi connectivity index (χ2v) is 6.07. The van der Waals surface area contributed by atoms with E-state index in [9.17, 15) is 0 Å². The number of nitrogens with one attached hydrogen (secondary N) is 1. The molecule has 0 aliphatic heterocycles. The summed E-state index contributed by atoms with van der Waals surface area (Å²) in [6.45, 7) is 8.11. The van der Waals surface area contributed by atoms with E-state index in [-0.39, 0.29) is 0 Å². The van der Waals surface area contributed by atoms with Crippen molar-refractivity contribution < 1.29 is 0 Å². The smallest absolute Gasteiger partial charge is 0.00980 e. The second-order valence-electron chi connectivity index (χ2n) is 6.07. The average molecular weight is 223 g/mol. The second kappa shape index (κ2) is 5.53. The molecule has 0 aromatic heterocycles. The van der Waals surface area contributed by atoms with Crippen LogP contribution in [0.4, 0.5) is 0 Å². The van der Waals surface area contributed by atoms with Crippen LogP contribution in [0.25, 0.3) is 0 Å². The van der Waals surface area contributed by atoms with Gasteiger partial charge in [0, 0.05) is 6.04 Å². The van der Waals surface area contributed by atoms with Crippen LogP contribution in [0.2, 0.25) is 0 Å². The molecule has 0 heterocycles. The summed E-state index contributed by atoms with van der Waals surface area (Å²) in [4.78, 5) is 0. The zero-order chi connectivity index (χ0) is 11.5. The van der Waals surface area contributed by atoms with E-state index in [0.29, 0.717) is 0 Å². The average Bonchev–Trinajstić information content (AvgIpc) is 2.91. The van der Waals surface area contributed by atoms with Crippen LogP contribution in [-0.4, -0.2) is 12.6 Å². The Morgan fingerprint density at radius 2 is 1.62 bits per heavy atom. The fourth-order valence-corrected chi connectivity index (χ4v) is 3.78. The molecule has 2 aliphatic carbocycles. The van der Waals surface area contributed by atoms with E-state index in [1.807, 2.05) is 0 Å². The maximum absolute atomic E-state index is 3.76. The first-order valence-corrected chi connectivity index (χ1v) is 7.51. The minimum atomic E-state index is 0.822. The molecule has 2 rings (SSSR count). The number of hydrogen-bond acceptors (Lipinski definition) is 1. The fraction of sp³-hybridized carbons (Fsp3) is 1.00. The van der Waals surface area contributed by atoms with E-state index >= 15 is 0 Å². The van der Waals surface area contributed by atoms with Crippen molar-refractivity contribution in [3.8, 4) is 0 Å². The third-order valence-corrected chi connectivity index (χ3v) is 5.06. The lowest BCUT2D eigenvalue weighted by Crippen LogP contribution is -2.37. The van der Waals surface area contributed by atoms with Crippen molar-refractivity contribution in [2.45, 2.75) is 65.3 Å². The summed E-state index contributed by atoms with van der Waals surface area (Å²) in [6.07, 6.45) is 8.76. The molecule has 2 saturated carbocycles. The van der Waals surface area contributed by atoms with Crippen molar-refractivity contribution in [1.29, 1.82) is 0 Å². The van der Waals surface area contributed by atoms with Gasteiger partial charge in [0.15, 0.2) is 0 Å². The number of hydrogen-bond donors (Lipinski definition) is 1. The van der Waals surface area contributed by atoms with Crippen molar-refractivity contribution in [3.63, 3.8) is 0 Å². The monoisotopic (exact) mass is 223 g/mol. The molecule has 16 heavy (non-hydrogen) atoms. The van der Waals surface area contributed by atoms with Crippen LogP contribution in [0.5, 0.6) is 0 Å². The van der Waals surface area contributed by atoms with Crippen LogP contribution in [0.15, 0.2) is 0 Å². The highest BCUT2D eigenvalue weighted by molar-refractivity contribution is 4.99. The van der Waals surface area contributed by atoms with Crippen LogP contribution in [-0.2, 0) is 0 Å². The van der Waals surface area contributed by atoms with Gasteiger partial charge in [-0.1, -0.05) is 33.6 Å². The molecule has 3 unspecified atom stereocenters. The molecule has 0 saturated heterocycles. The molecule has 94 valence electrons. The van der Waals surface area contributed by atoms with Crippen molar-refractivity contribution in [2.75, 3.05) is 6.54 Å².